The summed E-state index contributed by atoms with van der Waals surface area (Å²) < 4.78 is 0. The topological polar surface area (TPSA) is 12.0 Å². The van der Waals surface area contributed by atoms with Crippen molar-refractivity contribution >= 4 is 11.8 Å². The fourth-order valence-corrected chi connectivity index (χ4v) is 4.11. The van der Waals surface area contributed by atoms with Crippen LogP contribution >= 0.6 is 11.8 Å². The summed E-state index contributed by atoms with van der Waals surface area (Å²) in [6, 6.07) is 9.63. The van der Waals surface area contributed by atoms with Gasteiger partial charge in [-0.15, -0.1) is 11.8 Å². The van der Waals surface area contributed by atoms with Gasteiger partial charge in [0, 0.05) is 29.2 Å². The summed E-state index contributed by atoms with van der Waals surface area (Å²) in [5.74, 6) is 1.96. The van der Waals surface area contributed by atoms with Gasteiger partial charge in [-0.3, -0.25) is 0 Å². The van der Waals surface area contributed by atoms with Crippen molar-refractivity contribution in [2.24, 2.45) is 0 Å². The number of fused-ring (bicyclic) bond motifs is 1. The SMILES string of the molecule is CCCCC(CCC)NCC1CSc2ccccc21. The number of hydrogen-bond acceptors (Lipinski definition) is 2. The normalized spacial score (nSPS) is 19.4. The molecule has 1 nitrogen and oxygen atoms in total. The average Bonchev–Trinajstić information content (AvgIpc) is 2.85. The van der Waals surface area contributed by atoms with E-state index in [1.807, 2.05) is 11.8 Å². The lowest BCUT2D eigenvalue weighted by molar-refractivity contribution is 0.425. The number of hydrogen-bond donors (Lipinski definition) is 1. The molecule has 1 N–H and O–H groups in total. The van der Waals surface area contributed by atoms with Crippen LogP contribution in [0.4, 0.5) is 0 Å². The van der Waals surface area contributed by atoms with E-state index >= 15 is 0 Å². The van der Waals surface area contributed by atoms with E-state index in [1.54, 1.807) is 5.56 Å². The Morgan fingerprint density at radius 1 is 1.21 bits per heavy atom. The van der Waals surface area contributed by atoms with Crippen LogP contribution in [-0.4, -0.2) is 18.3 Å². The first-order valence-electron chi connectivity index (χ1n) is 7.80. The van der Waals surface area contributed by atoms with Gasteiger partial charge in [-0.05, 0) is 24.5 Å². The van der Waals surface area contributed by atoms with Crippen LogP contribution < -0.4 is 5.32 Å². The van der Waals surface area contributed by atoms with Gasteiger partial charge in [-0.1, -0.05) is 51.3 Å². The molecule has 2 unspecified atom stereocenters. The van der Waals surface area contributed by atoms with Gasteiger partial charge in [-0.25, -0.2) is 0 Å². The average molecular weight is 277 g/mol. The highest BCUT2D eigenvalue weighted by atomic mass is 32.2. The molecule has 1 aromatic rings. The van der Waals surface area contributed by atoms with Crippen LogP contribution in [0.2, 0.25) is 0 Å². The second-order valence-corrected chi connectivity index (χ2v) is 6.64. The summed E-state index contributed by atoms with van der Waals surface area (Å²) in [7, 11) is 0. The van der Waals surface area contributed by atoms with Gasteiger partial charge in [0.15, 0.2) is 0 Å². The van der Waals surface area contributed by atoms with E-state index in [4.69, 9.17) is 0 Å². The molecule has 0 spiro atoms. The lowest BCUT2D eigenvalue weighted by Crippen LogP contribution is -2.32. The molecule has 2 atom stereocenters. The Bertz CT molecular complexity index is 377. The van der Waals surface area contributed by atoms with Gasteiger partial charge in [0.2, 0.25) is 0 Å². The molecule has 0 aliphatic carbocycles. The third kappa shape index (κ3) is 4.25. The van der Waals surface area contributed by atoms with Crippen LogP contribution in [0.1, 0.15) is 57.4 Å². The molecule has 0 saturated carbocycles. The molecule has 2 heteroatoms. The summed E-state index contributed by atoms with van der Waals surface area (Å²) in [6.45, 7) is 5.73. The van der Waals surface area contributed by atoms with Crippen molar-refractivity contribution in [1.29, 1.82) is 0 Å². The Morgan fingerprint density at radius 3 is 2.84 bits per heavy atom. The van der Waals surface area contributed by atoms with E-state index in [2.05, 4.69) is 43.4 Å². The van der Waals surface area contributed by atoms with Crippen molar-refractivity contribution in [2.75, 3.05) is 12.3 Å². The molecule has 1 aromatic carbocycles. The fourth-order valence-electron chi connectivity index (χ4n) is 2.85. The number of thioether (sulfide) groups is 1. The van der Waals surface area contributed by atoms with Crippen molar-refractivity contribution in [2.45, 2.75) is 62.8 Å². The fraction of sp³-hybridized carbons (Fsp3) is 0.647. The van der Waals surface area contributed by atoms with Crippen LogP contribution in [0.3, 0.4) is 0 Å². The minimum Gasteiger partial charge on any atom is -0.313 e. The molecule has 1 aliphatic rings. The molecular weight excluding hydrogens is 250 g/mol. The number of rotatable bonds is 8. The first-order chi connectivity index (χ1) is 9.35. The van der Waals surface area contributed by atoms with Gasteiger partial charge < -0.3 is 5.32 Å². The minimum absolute atomic E-state index is 0.710. The van der Waals surface area contributed by atoms with E-state index in [9.17, 15) is 0 Å². The highest BCUT2D eigenvalue weighted by Crippen LogP contribution is 2.38. The maximum atomic E-state index is 3.82. The highest BCUT2D eigenvalue weighted by molar-refractivity contribution is 7.99. The lowest BCUT2D eigenvalue weighted by atomic mass is 9.99. The van der Waals surface area contributed by atoms with Gasteiger partial charge >= 0.3 is 0 Å². The molecule has 0 radical (unpaired) electrons. The van der Waals surface area contributed by atoms with Crippen LogP contribution in [0, 0.1) is 0 Å². The molecule has 19 heavy (non-hydrogen) atoms. The van der Waals surface area contributed by atoms with Gasteiger partial charge in [0.05, 0.1) is 0 Å². The molecule has 0 amide bonds. The van der Waals surface area contributed by atoms with E-state index in [0.717, 1.165) is 12.6 Å². The van der Waals surface area contributed by atoms with Crippen molar-refractivity contribution in [1.82, 2.24) is 5.32 Å². The third-order valence-corrected chi connectivity index (χ3v) is 5.25. The van der Waals surface area contributed by atoms with Crippen LogP contribution in [0.15, 0.2) is 29.2 Å². The summed E-state index contributed by atoms with van der Waals surface area (Å²) >= 11 is 2.02. The Hall–Kier alpha value is -0.470. The van der Waals surface area contributed by atoms with Gasteiger partial charge in [0.1, 0.15) is 0 Å². The Kier molecular flexibility index (Phi) is 6.25. The van der Waals surface area contributed by atoms with E-state index in [1.165, 1.54) is 42.8 Å². The second kappa shape index (κ2) is 7.96. The van der Waals surface area contributed by atoms with Crippen LogP contribution in [0.25, 0.3) is 0 Å². The third-order valence-electron chi connectivity index (χ3n) is 4.00. The maximum Gasteiger partial charge on any atom is 0.0108 e. The molecule has 1 aliphatic heterocycles. The largest absolute Gasteiger partial charge is 0.313 e. The predicted octanol–water partition coefficient (Wildman–Crippen LogP) is 4.82. The van der Waals surface area contributed by atoms with Crippen LogP contribution in [0.5, 0.6) is 0 Å². The van der Waals surface area contributed by atoms with E-state index < -0.39 is 0 Å². The zero-order valence-corrected chi connectivity index (χ0v) is 13.1. The molecule has 2 rings (SSSR count). The summed E-state index contributed by atoms with van der Waals surface area (Å²) in [4.78, 5) is 1.50. The zero-order valence-electron chi connectivity index (χ0n) is 12.3. The molecule has 106 valence electrons. The van der Waals surface area contributed by atoms with Crippen molar-refractivity contribution in [3.8, 4) is 0 Å². The quantitative estimate of drug-likeness (QED) is 0.731. The van der Waals surface area contributed by atoms with Crippen molar-refractivity contribution < 1.29 is 0 Å². The monoisotopic (exact) mass is 277 g/mol. The van der Waals surface area contributed by atoms with Crippen molar-refractivity contribution in [3.63, 3.8) is 0 Å². The number of nitrogens with one attached hydrogen (secondary N) is 1. The minimum atomic E-state index is 0.710. The van der Waals surface area contributed by atoms with Gasteiger partial charge in [-0.2, -0.15) is 0 Å². The molecule has 0 aromatic heterocycles. The summed E-state index contributed by atoms with van der Waals surface area (Å²) in [5, 5.41) is 3.82. The number of benzene rings is 1. The molecular formula is C17H27NS. The molecule has 0 saturated heterocycles. The molecule has 1 heterocycles. The first-order valence-corrected chi connectivity index (χ1v) is 8.78. The first kappa shape index (κ1) is 14.9. The zero-order chi connectivity index (χ0) is 13.5. The molecule has 0 fully saturated rings. The Morgan fingerprint density at radius 2 is 2.05 bits per heavy atom. The van der Waals surface area contributed by atoms with Crippen LogP contribution in [-0.2, 0) is 0 Å². The lowest BCUT2D eigenvalue weighted by Gasteiger charge is -2.20. The standard InChI is InChI=1S/C17H27NS/c1-3-5-9-15(8-4-2)18-12-14-13-19-17-11-7-6-10-16(14)17/h6-7,10-11,14-15,18H,3-5,8-9,12-13H2,1-2H3. The van der Waals surface area contributed by atoms with Gasteiger partial charge in [0.25, 0.3) is 0 Å². The van der Waals surface area contributed by atoms with Crippen molar-refractivity contribution in [3.05, 3.63) is 29.8 Å². The van der Waals surface area contributed by atoms with E-state index in [0.29, 0.717) is 5.92 Å². The van der Waals surface area contributed by atoms with E-state index in [-0.39, 0.29) is 0 Å². The number of unbranched alkanes of at least 4 members (excludes halogenated alkanes) is 1. The summed E-state index contributed by atoms with van der Waals surface area (Å²) in [6.07, 6.45) is 6.61. The highest BCUT2D eigenvalue weighted by Gasteiger charge is 2.22. The maximum absolute atomic E-state index is 3.82. The summed E-state index contributed by atoms with van der Waals surface area (Å²) in [5.41, 5.74) is 1.56. The smallest absolute Gasteiger partial charge is 0.0108 e. The Labute approximate surface area is 122 Å². The second-order valence-electron chi connectivity index (χ2n) is 5.58. The Balaban J connectivity index is 1.84. The predicted molar refractivity (Wildman–Crippen MR) is 86.1 cm³/mol. The molecule has 0 bridgehead atoms.